The number of aromatic nitrogens is 4. The normalized spacial score (nSPS) is 11.8. The Morgan fingerprint density at radius 2 is 1.96 bits per heavy atom. The van der Waals surface area contributed by atoms with Gasteiger partial charge in [0.25, 0.3) is 0 Å². The molecule has 0 aliphatic rings. The Bertz CT molecular complexity index is 1240. The van der Waals surface area contributed by atoms with Crippen LogP contribution >= 0.6 is 23.4 Å². The van der Waals surface area contributed by atoms with Gasteiger partial charge in [-0.05, 0) is 42.7 Å². The summed E-state index contributed by atoms with van der Waals surface area (Å²) in [6.45, 7) is 0. The van der Waals surface area contributed by atoms with Crippen LogP contribution in [0.25, 0.3) is 16.9 Å². The standard InChI is InChI=1S/C18H13ClN4O2S2/c1-26-18-16(27(24,25)14-6-2-5-13(19)10-14)17-21-9-7-15(23(17)22-18)12-4-3-8-20-11-12/h2-11H,1H3. The number of nitrogens with zero attached hydrogens (tertiary/aromatic N) is 4. The Hall–Kier alpha value is -2.42. The average molecular weight is 417 g/mol. The molecule has 0 aliphatic heterocycles. The third kappa shape index (κ3) is 3.09. The molecular weight excluding hydrogens is 404 g/mol. The van der Waals surface area contributed by atoms with E-state index in [4.69, 9.17) is 11.6 Å². The Morgan fingerprint density at radius 1 is 1.11 bits per heavy atom. The van der Waals surface area contributed by atoms with Gasteiger partial charge < -0.3 is 0 Å². The van der Waals surface area contributed by atoms with Crippen LogP contribution in [0.5, 0.6) is 0 Å². The topological polar surface area (TPSA) is 77.2 Å². The van der Waals surface area contributed by atoms with E-state index in [2.05, 4.69) is 15.1 Å². The molecule has 3 aromatic heterocycles. The minimum atomic E-state index is -3.85. The zero-order valence-electron chi connectivity index (χ0n) is 14.1. The van der Waals surface area contributed by atoms with Crippen LogP contribution in [-0.4, -0.2) is 34.3 Å². The van der Waals surface area contributed by atoms with Gasteiger partial charge in [0.05, 0.1) is 10.6 Å². The number of fused-ring (bicyclic) bond motifs is 1. The first-order chi connectivity index (χ1) is 13.0. The number of rotatable bonds is 4. The second kappa shape index (κ2) is 6.95. The third-order valence-electron chi connectivity index (χ3n) is 3.97. The second-order valence-corrected chi connectivity index (χ2v) is 8.72. The maximum atomic E-state index is 13.3. The summed E-state index contributed by atoms with van der Waals surface area (Å²) in [5.74, 6) is 0. The monoisotopic (exact) mass is 416 g/mol. The number of thioether (sulfide) groups is 1. The molecule has 0 spiro atoms. The summed E-state index contributed by atoms with van der Waals surface area (Å²) in [7, 11) is -3.85. The molecule has 27 heavy (non-hydrogen) atoms. The lowest BCUT2D eigenvalue weighted by Gasteiger charge is -2.06. The molecule has 0 N–H and O–H groups in total. The summed E-state index contributed by atoms with van der Waals surface area (Å²) in [6.07, 6.45) is 6.72. The second-order valence-electron chi connectivity index (χ2n) is 5.61. The van der Waals surface area contributed by atoms with E-state index in [1.54, 1.807) is 47.6 Å². The van der Waals surface area contributed by atoms with Gasteiger partial charge in [-0.3, -0.25) is 4.98 Å². The molecule has 0 fully saturated rings. The van der Waals surface area contributed by atoms with E-state index < -0.39 is 9.84 Å². The van der Waals surface area contributed by atoms with Gasteiger partial charge in [-0.15, -0.1) is 11.8 Å². The molecule has 0 amide bonds. The fraction of sp³-hybridized carbons (Fsp3) is 0.0556. The van der Waals surface area contributed by atoms with Crippen molar-refractivity contribution in [3.8, 4) is 11.3 Å². The van der Waals surface area contributed by atoms with Crippen LogP contribution in [0.2, 0.25) is 5.02 Å². The summed E-state index contributed by atoms with van der Waals surface area (Å²) in [5, 5.41) is 5.22. The van der Waals surface area contributed by atoms with Crippen molar-refractivity contribution in [3.05, 3.63) is 66.1 Å². The van der Waals surface area contributed by atoms with Gasteiger partial charge in [-0.1, -0.05) is 17.7 Å². The number of sulfone groups is 1. The molecule has 0 atom stereocenters. The smallest absolute Gasteiger partial charge is 0.213 e. The number of hydrogen-bond donors (Lipinski definition) is 0. The van der Waals surface area contributed by atoms with Gasteiger partial charge in [0.15, 0.2) is 10.5 Å². The van der Waals surface area contributed by atoms with Crippen molar-refractivity contribution in [1.82, 2.24) is 19.6 Å². The van der Waals surface area contributed by atoms with E-state index in [0.29, 0.717) is 15.7 Å². The minimum absolute atomic E-state index is 0.0722. The minimum Gasteiger partial charge on any atom is -0.264 e. The van der Waals surface area contributed by atoms with Crippen LogP contribution in [-0.2, 0) is 9.84 Å². The van der Waals surface area contributed by atoms with Gasteiger partial charge in [-0.25, -0.2) is 17.9 Å². The van der Waals surface area contributed by atoms with E-state index in [1.807, 2.05) is 12.1 Å². The Morgan fingerprint density at radius 3 is 2.67 bits per heavy atom. The highest BCUT2D eigenvalue weighted by atomic mass is 35.5. The van der Waals surface area contributed by atoms with E-state index in [9.17, 15) is 8.42 Å². The number of pyridine rings is 1. The fourth-order valence-corrected chi connectivity index (χ4v) is 5.46. The van der Waals surface area contributed by atoms with Gasteiger partial charge in [-0.2, -0.15) is 5.10 Å². The largest absolute Gasteiger partial charge is 0.264 e. The average Bonchev–Trinajstić information content (AvgIpc) is 3.08. The van der Waals surface area contributed by atoms with Crippen molar-refractivity contribution < 1.29 is 8.42 Å². The zero-order valence-corrected chi connectivity index (χ0v) is 16.5. The van der Waals surface area contributed by atoms with Crippen LogP contribution in [0.15, 0.2) is 75.9 Å². The lowest BCUT2D eigenvalue weighted by atomic mass is 10.2. The molecule has 0 aliphatic carbocycles. The molecule has 9 heteroatoms. The summed E-state index contributed by atoms with van der Waals surface area (Å²) in [5.41, 5.74) is 1.78. The quantitative estimate of drug-likeness (QED) is 0.468. The molecule has 0 bridgehead atoms. The van der Waals surface area contributed by atoms with Crippen molar-refractivity contribution in [2.24, 2.45) is 0 Å². The summed E-state index contributed by atoms with van der Waals surface area (Å²) < 4.78 is 28.2. The Labute approximate surface area is 165 Å². The van der Waals surface area contributed by atoms with Crippen LogP contribution < -0.4 is 0 Å². The molecule has 1 aromatic carbocycles. The van der Waals surface area contributed by atoms with Gasteiger partial charge in [0.1, 0.15) is 5.03 Å². The molecule has 6 nitrogen and oxygen atoms in total. The first kappa shape index (κ1) is 18.0. The molecule has 4 rings (SSSR count). The van der Waals surface area contributed by atoms with E-state index >= 15 is 0 Å². The van der Waals surface area contributed by atoms with Crippen molar-refractivity contribution in [2.45, 2.75) is 14.8 Å². The van der Waals surface area contributed by atoms with Crippen LogP contribution in [0, 0.1) is 0 Å². The van der Waals surface area contributed by atoms with Gasteiger partial charge >= 0.3 is 0 Å². The lowest BCUT2D eigenvalue weighted by Crippen LogP contribution is -2.04. The van der Waals surface area contributed by atoms with Crippen molar-refractivity contribution in [2.75, 3.05) is 6.26 Å². The first-order valence-corrected chi connectivity index (χ1v) is 10.9. The molecular formula is C18H13ClN4O2S2. The van der Waals surface area contributed by atoms with Gasteiger partial charge in [0.2, 0.25) is 9.84 Å². The number of hydrogen-bond acceptors (Lipinski definition) is 6. The maximum Gasteiger partial charge on any atom is 0.213 e. The summed E-state index contributed by atoms with van der Waals surface area (Å²) in [4.78, 5) is 8.61. The number of halogens is 1. The molecule has 0 radical (unpaired) electrons. The highest BCUT2D eigenvalue weighted by Gasteiger charge is 2.29. The van der Waals surface area contributed by atoms with Crippen molar-refractivity contribution in [3.63, 3.8) is 0 Å². The van der Waals surface area contributed by atoms with E-state index in [1.165, 1.54) is 23.9 Å². The molecule has 4 aromatic rings. The van der Waals surface area contributed by atoms with Crippen LogP contribution in [0.4, 0.5) is 0 Å². The summed E-state index contributed by atoms with van der Waals surface area (Å²) >= 11 is 7.25. The summed E-state index contributed by atoms with van der Waals surface area (Å²) in [6, 6.07) is 11.6. The fourth-order valence-electron chi connectivity index (χ4n) is 2.76. The van der Waals surface area contributed by atoms with E-state index in [-0.39, 0.29) is 15.4 Å². The highest BCUT2D eigenvalue weighted by molar-refractivity contribution is 7.99. The molecule has 3 heterocycles. The Kier molecular flexibility index (Phi) is 4.63. The maximum absolute atomic E-state index is 13.3. The SMILES string of the molecule is CSc1nn2c(-c3cccnc3)ccnc2c1S(=O)(=O)c1cccc(Cl)c1. The van der Waals surface area contributed by atoms with Crippen LogP contribution in [0.1, 0.15) is 0 Å². The Balaban J connectivity index is 2.02. The predicted octanol–water partition coefficient (Wildman–Crippen LogP) is 4.00. The van der Waals surface area contributed by atoms with Crippen molar-refractivity contribution in [1.29, 1.82) is 0 Å². The zero-order chi connectivity index (χ0) is 19.0. The molecule has 0 unspecified atom stereocenters. The predicted molar refractivity (Wildman–Crippen MR) is 105 cm³/mol. The molecule has 136 valence electrons. The first-order valence-electron chi connectivity index (χ1n) is 7.85. The third-order valence-corrected chi connectivity index (χ3v) is 6.80. The van der Waals surface area contributed by atoms with E-state index in [0.717, 1.165) is 5.56 Å². The highest BCUT2D eigenvalue weighted by Crippen LogP contribution is 2.34. The lowest BCUT2D eigenvalue weighted by molar-refractivity contribution is 0.594. The molecule has 0 saturated carbocycles. The van der Waals surface area contributed by atoms with Crippen molar-refractivity contribution >= 4 is 38.8 Å². The van der Waals surface area contributed by atoms with Gasteiger partial charge in [0, 0.05) is 29.2 Å². The number of benzene rings is 1. The molecule has 0 saturated heterocycles. The van der Waals surface area contributed by atoms with Crippen LogP contribution in [0.3, 0.4) is 0 Å².